The predicted molar refractivity (Wildman–Crippen MR) is 47.9 cm³/mol. The van der Waals surface area contributed by atoms with E-state index in [1.165, 1.54) is 0 Å². The van der Waals surface area contributed by atoms with Gasteiger partial charge in [0.25, 0.3) is 0 Å². The normalized spacial score (nSPS) is 11.4. The van der Waals surface area contributed by atoms with Gasteiger partial charge in [-0.05, 0) is 6.42 Å². The van der Waals surface area contributed by atoms with Gasteiger partial charge in [-0.25, -0.2) is 4.79 Å². The number of carbonyl (C=O) groups excluding carboxylic acids is 1. The fourth-order valence-electron chi connectivity index (χ4n) is 0.884. The highest BCUT2D eigenvalue weighted by molar-refractivity contribution is 5.84. The van der Waals surface area contributed by atoms with Crippen LogP contribution in [0.3, 0.4) is 0 Å². The van der Waals surface area contributed by atoms with E-state index in [0.29, 0.717) is 12.8 Å². The molecule has 0 heterocycles. The van der Waals surface area contributed by atoms with E-state index < -0.39 is 17.9 Å². The van der Waals surface area contributed by atoms with Gasteiger partial charge in [0.2, 0.25) is 5.91 Å². The molecule has 0 aliphatic heterocycles. The number of hydrogen-bond donors (Lipinski definition) is 2. The molecule has 0 rings (SSSR count). The largest absolute Gasteiger partial charge is 0.480 e. The molecule has 13 heavy (non-hydrogen) atoms. The second-order valence-corrected chi connectivity index (χ2v) is 2.63. The molecule has 0 saturated heterocycles. The van der Waals surface area contributed by atoms with Crippen molar-refractivity contribution in [3.05, 3.63) is 0 Å². The highest BCUT2D eigenvalue weighted by Gasteiger charge is 2.17. The first-order valence-electron chi connectivity index (χ1n) is 4.07. The van der Waals surface area contributed by atoms with Gasteiger partial charge < -0.3 is 10.4 Å². The van der Waals surface area contributed by atoms with Crippen LogP contribution in [0.25, 0.3) is 0 Å². The van der Waals surface area contributed by atoms with Crippen LogP contribution in [0.2, 0.25) is 0 Å². The lowest BCUT2D eigenvalue weighted by Gasteiger charge is -2.11. The summed E-state index contributed by atoms with van der Waals surface area (Å²) in [4.78, 5) is 21.5. The molecule has 0 spiro atoms. The molecule has 1 amide bonds. The summed E-state index contributed by atoms with van der Waals surface area (Å²) in [5.74, 6) is 0.714. The molecule has 1 unspecified atom stereocenters. The van der Waals surface area contributed by atoms with Gasteiger partial charge in [-0.2, -0.15) is 0 Å². The van der Waals surface area contributed by atoms with E-state index in [-0.39, 0.29) is 6.42 Å². The summed E-state index contributed by atoms with van der Waals surface area (Å²) < 4.78 is 0. The molecule has 0 fully saturated rings. The summed E-state index contributed by atoms with van der Waals surface area (Å²) in [5.41, 5.74) is 0. The minimum atomic E-state index is -1.02. The van der Waals surface area contributed by atoms with E-state index in [1.54, 1.807) is 0 Å². The molecular formula is C9H13NO3. The molecule has 0 aliphatic carbocycles. The summed E-state index contributed by atoms with van der Waals surface area (Å²) in [5, 5.41) is 11.0. The number of nitrogens with one attached hydrogen (secondary N) is 1. The van der Waals surface area contributed by atoms with Crippen molar-refractivity contribution in [2.24, 2.45) is 0 Å². The Morgan fingerprint density at radius 1 is 1.62 bits per heavy atom. The SMILES string of the molecule is C#CCC(=O)NC(CCC)C(=O)O. The highest BCUT2D eigenvalue weighted by atomic mass is 16.4. The van der Waals surface area contributed by atoms with Crippen LogP contribution in [0.1, 0.15) is 26.2 Å². The molecule has 2 N–H and O–H groups in total. The predicted octanol–water partition coefficient (Wildman–Crippen LogP) is 0.379. The molecule has 0 aromatic carbocycles. The number of carboxylic acid groups (broad SMARTS) is 1. The van der Waals surface area contributed by atoms with E-state index in [0.717, 1.165) is 0 Å². The average molecular weight is 183 g/mol. The Morgan fingerprint density at radius 2 is 2.23 bits per heavy atom. The van der Waals surface area contributed by atoms with Crippen molar-refractivity contribution in [1.82, 2.24) is 5.32 Å². The van der Waals surface area contributed by atoms with E-state index in [1.807, 2.05) is 6.92 Å². The Labute approximate surface area is 77.3 Å². The number of hydrogen-bond acceptors (Lipinski definition) is 2. The Bertz CT molecular complexity index is 230. The lowest BCUT2D eigenvalue weighted by molar-refractivity contribution is -0.141. The number of carbonyl (C=O) groups is 2. The molecule has 4 heteroatoms. The Morgan fingerprint density at radius 3 is 2.62 bits per heavy atom. The molecule has 0 saturated carbocycles. The zero-order chi connectivity index (χ0) is 10.3. The van der Waals surface area contributed by atoms with Crippen LogP contribution >= 0.6 is 0 Å². The standard InChI is InChI=1S/C9H13NO3/c1-3-5-7(9(12)13)10-8(11)6-4-2/h2,7H,3,5-6H2,1H3,(H,10,11)(H,12,13). The van der Waals surface area contributed by atoms with Gasteiger partial charge in [0.1, 0.15) is 6.04 Å². The molecule has 0 radical (unpaired) electrons. The van der Waals surface area contributed by atoms with Gasteiger partial charge in [-0.3, -0.25) is 4.79 Å². The van der Waals surface area contributed by atoms with E-state index >= 15 is 0 Å². The third-order valence-corrected chi connectivity index (χ3v) is 1.47. The van der Waals surface area contributed by atoms with E-state index in [9.17, 15) is 9.59 Å². The molecular weight excluding hydrogens is 170 g/mol. The van der Waals surface area contributed by atoms with Gasteiger partial charge in [0.05, 0.1) is 6.42 Å². The summed E-state index contributed by atoms with van der Waals surface area (Å²) in [6, 6.07) is -0.814. The zero-order valence-electron chi connectivity index (χ0n) is 7.54. The lowest BCUT2D eigenvalue weighted by Crippen LogP contribution is -2.40. The number of aliphatic carboxylic acids is 1. The van der Waals surface area contributed by atoms with Crippen molar-refractivity contribution in [3.8, 4) is 12.3 Å². The molecule has 0 aromatic rings. The van der Waals surface area contributed by atoms with Gasteiger partial charge >= 0.3 is 5.97 Å². The second kappa shape index (κ2) is 6.06. The number of carboxylic acids is 1. The quantitative estimate of drug-likeness (QED) is 0.605. The number of amides is 1. The van der Waals surface area contributed by atoms with Gasteiger partial charge in [0, 0.05) is 0 Å². The topological polar surface area (TPSA) is 66.4 Å². The van der Waals surface area contributed by atoms with Crippen LogP contribution in [-0.4, -0.2) is 23.0 Å². The fourth-order valence-corrected chi connectivity index (χ4v) is 0.884. The zero-order valence-corrected chi connectivity index (χ0v) is 7.54. The second-order valence-electron chi connectivity index (χ2n) is 2.63. The molecule has 0 bridgehead atoms. The fraction of sp³-hybridized carbons (Fsp3) is 0.556. The maximum atomic E-state index is 10.9. The van der Waals surface area contributed by atoms with Crippen molar-refractivity contribution in [3.63, 3.8) is 0 Å². The van der Waals surface area contributed by atoms with Crippen molar-refractivity contribution in [2.45, 2.75) is 32.2 Å². The first-order chi connectivity index (χ1) is 6.11. The monoisotopic (exact) mass is 183 g/mol. The van der Waals surface area contributed by atoms with Crippen molar-refractivity contribution in [1.29, 1.82) is 0 Å². The Balaban J connectivity index is 4.03. The first kappa shape index (κ1) is 11.5. The molecule has 72 valence electrons. The van der Waals surface area contributed by atoms with Gasteiger partial charge in [-0.15, -0.1) is 6.42 Å². The minimum Gasteiger partial charge on any atom is -0.480 e. The van der Waals surface area contributed by atoms with Crippen LogP contribution in [-0.2, 0) is 9.59 Å². The highest BCUT2D eigenvalue weighted by Crippen LogP contribution is 1.97. The number of terminal acetylenes is 1. The van der Waals surface area contributed by atoms with Crippen LogP contribution in [0.5, 0.6) is 0 Å². The molecule has 0 aromatic heterocycles. The third-order valence-electron chi connectivity index (χ3n) is 1.47. The molecule has 4 nitrogen and oxygen atoms in total. The molecule has 1 atom stereocenters. The van der Waals surface area contributed by atoms with Crippen molar-refractivity contribution in [2.75, 3.05) is 0 Å². The van der Waals surface area contributed by atoms with E-state index in [2.05, 4.69) is 11.2 Å². The summed E-state index contributed by atoms with van der Waals surface area (Å²) in [7, 11) is 0. The lowest BCUT2D eigenvalue weighted by atomic mass is 10.1. The maximum Gasteiger partial charge on any atom is 0.326 e. The Hall–Kier alpha value is -1.50. The summed E-state index contributed by atoms with van der Waals surface area (Å²) >= 11 is 0. The average Bonchev–Trinajstić information content (AvgIpc) is 2.04. The third kappa shape index (κ3) is 4.86. The Kier molecular flexibility index (Phi) is 5.37. The van der Waals surface area contributed by atoms with E-state index in [4.69, 9.17) is 11.5 Å². The van der Waals surface area contributed by atoms with Crippen LogP contribution < -0.4 is 5.32 Å². The van der Waals surface area contributed by atoms with Crippen LogP contribution in [0, 0.1) is 12.3 Å². The van der Waals surface area contributed by atoms with Crippen LogP contribution in [0.4, 0.5) is 0 Å². The van der Waals surface area contributed by atoms with Gasteiger partial charge in [-0.1, -0.05) is 19.3 Å². The van der Waals surface area contributed by atoms with Crippen LogP contribution in [0.15, 0.2) is 0 Å². The maximum absolute atomic E-state index is 10.9. The number of rotatable bonds is 5. The molecule has 0 aliphatic rings. The summed E-state index contributed by atoms with van der Waals surface area (Å²) in [6.07, 6.45) is 5.95. The smallest absolute Gasteiger partial charge is 0.326 e. The van der Waals surface area contributed by atoms with Crippen molar-refractivity contribution < 1.29 is 14.7 Å². The summed E-state index contributed by atoms with van der Waals surface area (Å²) in [6.45, 7) is 1.85. The minimum absolute atomic E-state index is 0.0759. The first-order valence-corrected chi connectivity index (χ1v) is 4.07. The van der Waals surface area contributed by atoms with Gasteiger partial charge in [0.15, 0.2) is 0 Å². The van der Waals surface area contributed by atoms with Crippen molar-refractivity contribution >= 4 is 11.9 Å².